The standard InChI is InChI=1S/C25H35FN4O5S/c1-18(2)28-24(31)29(15-22-5-3-11-34-22)14-21-13-27-25(30(21)16-23-6-4-12-35-23)36(32,33)17-19-7-9-20(26)10-8-19/h7-10,13,18,22-23H,3-6,11-12,14-17H2,1-2H3,(H,28,31)/t22-,23+/m0/s1. The number of imidazole rings is 1. The van der Waals surface area contributed by atoms with Gasteiger partial charge in [-0.1, -0.05) is 12.1 Å². The van der Waals surface area contributed by atoms with Gasteiger partial charge in [-0.05, 0) is 57.2 Å². The molecule has 2 saturated heterocycles. The number of nitrogens with one attached hydrogen (secondary N) is 1. The summed E-state index contributed by atoms with van der Waals surface area (Å²) in [6.07, 6.45) is 4.90. The predicted molar refractivity (Wildman–Crippen MR) is 132 cm³/mol. The van der Waals surface area contributed by atoms with Gasteiger partial charge in [0.2, 0.25) is 15.0 Å². The van der Waals surface area contributed by atoms with Crippen molar-refractivity contribution >= 4 is 15.9 Å². The third-order valence-electron chi connectivity index (χ3n) is 6.36. The Bertz CT molecular complexity index is 1120. The highest BCUT2D eigenvalue weighted by Gasteiger charge is 2.29. The Hall–Kier alpha value is -2.50. The topological polar surface area (TPSA) is 103 Å². The number of rotatable bonds is 10. The first-order valence-corrected chi connectivity index (χ1v) is 14.2. The van der Waals surface area contributed by atoms with E-state index in [1.165, 1.54) is 30.5 Å². The second-order valence-corrected chi connectivity index (χ2v) is 11.7. The van der Waals surface area contributed by atoms with E-state index in [-0.39, 0.29) is 41.7 Å². The van der Waals surface area contributed by atoms with Crippen molar-refractivity contribution in [2.75, 3.05) is 19.8 Å². The Morgan fingerprint density at radius 1 is 1.17 bits per heavy atom. The van der Waals surface area contributed by atoms with Gasteiger partial charge in [0.1, 0.15) is 5.82 Å². The summed E-state index contributed by atoms with van der Waals surface area (Å²) in [5.41, 5.74) is 1.08. The molecule has 0 spiro atoms. The molecule has 2 fully saturated rings. The summed E-state index contributed by atoms with van der Waals surface area (Å²) in [5, 5.41) is 2.86. The van der Waals surface area contributed by atoms with Crippen LogP contribution in [0.3, 0.4) is 0 Å². The molecule has 1 N–H and O–H groups in total. The first kappa shape index (κ1) is 26.6. The summed E-state index contributed by atoms with van der Waals surface area (Å²) in [6, 6.07) is 5.12. The molecular formula is C25H35FN4O5S. The van der Waals surface area contributed by atoms with Crippen molar-refractivity contribution in [3.63, 3.8) is 0 Å². The van der Waals surface area contributed by atoms with E-state index in [9.17, 15) is 17.6 Å². The monoisotopic (exact) mass is 522 g/mol. The Kier molecular flexibility index (Phi) is 8.63. The molecule has 0 unspecified atom stereocenters. The number of urea groups is 1. The SMILES string of the molecule is CC(C)NC(=O)N(Cc1cnc(S(=O)(=O)Cc2ccc(F)cc2)n1C[C@H]1CCCO1)C[C@@H]1CCCO1. The number of halogens is 1. The van der Waals surface area contributed by atoms with Crippen molar-refractivity contribution in [3.05, 3.63) is 47.5 Å². The number of sulfone groups is 1. The number of carbonyl (C=O) groups is 1. The lowest BCUT2D eigenvalue weighted by Crippen LogP contribution is -2.46. The van der Waals surface area contributed by atoms with E-state index < -0.39 is 15.7 Å². The van der Waals surface area contributed by atoms with Crippen LogP contribution in [0.2, 0.25) is 0 Å². The van der Waals surface area contributed by atoms with Gasteiger partial charge in [0.25, 0.3) is 0 Å². The summed E-state index contributed by atoms with van der Waals surface area (Å²) in [5.74, 6) is -0.729. The van der Waals surface area contributed by atoms with Gasteiger partial charge in [-0.25, -0.2) is 22.6 Å². The lowest BCUT2D eigenvalue weighted by molar-refractivity contribution is 0.0768. The zero-order valence-electron chi connectivity index (χ0n) is 20.9. The van der Waals surface area contributed by atoms with Gasteiger partial charge in [-0.3, -0.25) is 0 Å². The highest BCUT2D eigenvalue weighted by Crippen LogP contribution is 2.23. The van der Waals surface area contributed by atoms with Crippen LogP contribution in [0, 0.1) is 5.82 Å². The van der Waals surface area contributed by atoms with Crippen LogP contribution >= 0.6 is 0 Å². The van der Waals surface area contributed by atoms with Gasteiger partial charge >= 0.3 is 6.03 Å². The fourth-order valence-electron chi connectivity index (χ4n) is 4.61. The van der Waals surface area contributed by atoms with Crippen molar-refractivity contribution in [1.29, 1.82) is 0 Å². The molecule has 2 aliphatic heterocycles. The quantitative estimate of drug-likeness (QED) is 0.514. The summed E-state index contributed by atoms with van der Waals surface area (Å²) in [6.45, 7) is 6.01. The number of hydrogen-bond acceptors (Lipinski definition) is 6. The van der Waals surface area contributed by atoms with Crippen LogP contribution in [-0.4, -0.2) is 66.9 Å². The van der Waals surface area contributed by atoms with Crippen molar-refractivity contribution in [2.45, 2.75) is 81.8 Å². The maximum absolute atomic E-state index is 13.4. The zero-order valence-corrected chi connectivity index (χ0v) is 21.7. The molecule has 36 heavy (non-hydrogen) atoms. The normalized spacial score (nSPS) is 20.2. The highest BCUT2D eigenvalue weighted by molar-refractivity contribution is 7.90. The van der Waals surface area contributed by atoms with E-state index in [4.69, 9.17) is 9.47 Å². The summed E-state index contributed by atoms with van der Waals surface area (Å²) < 4.78 is 53.4. The molecule has 1 aromatic carbocycles. The number of aromatic nitrogens is 2. The fraction of sp³-hybridized carbons (Fsp3) is 0.600. The average Bonchev–Trinajstić information content (AvgIpc) is 3.58. The Labute approximate surface area is 211 Å². The van der Waals surface area contributed by atoms with Crippen molar-refractivity contribution in [1.82, 2.24) is 19.8 Å². The maximum atomic E-state index is 13.4. The number of benzene rings is 1. The lowest BCUT2D eigenvalue weighted by atomic mass is 10.2. The van der Waals surface area contributed by atoms with Crippen LogP contribution in [0.4, 0.5) is 9.18 Å². The van der Waals surface area contributed by atoms with E-state index in [0.717, 1.165) is 25.7 Å². The number of ether oxygens (including phenoxy) is 2. The molecule has 2 aliphatic rings. The fourth-order valence-corrected chi connectivity index (χ4v) is 6.11. The average molecular weight is 523 g/mol. The van der Waals surface area contributed by atoms with Gasteiger partial charge in [0.05, 0.1) is 42.9 Å². The number of nitrogens with zero attached hydrogens (tertiary/aromatic N) is 3. The molecule has 0 bridgehead atoms. The largest absolute Gasteiger partial charge is 0.376 e. The van der Waals surface area contributed by atoms with Gasteiger partial charge in [0.15, 0.2) is 0 Å². The summed E-state index contributed by atoms with van der Waals surface area (Å²) in [7, 11) is -3.84. The molecule has 198 valence electrons. The van der Waals surface area contributed by atoms with Gasteiger partial charge in [-0.2, -0.15) is 0 Å². The predicted octanol–water partition coefficient (Wildman–Crippen LogP) is 3.27. The van der Waals surface area contributed by atoms with E-state index in [2.05, 4.69) is 10.3 Å². The van der Waals surface area contributed by atoms with E-state index in [1.54, 1.807) is 9.47 Å². The molecule has 9 nitrogen and oxygen atoms in total. The van der Waals surface area contributed by atoms with Crippen LogP contribution in [0.5, 0.6) is 0 Å². The molecule has 0 radical (unpaired) electrons. The highest BCUT2D eigenvalue weighted by atomic mass is 32.2. The van der Waals surface area contributed by atoms with E-state index in [1.807, 2.05) is 13.8 Å². The van der Waals surface area contributed by atoms with Crippen LogP contribution in [-0.2, 0) is 38.2 Å². The molecule has 3 heterocycles. The molecule has 1 aromatic heterocycles. The van der Waals surface area contributed by atoms with Crippen LogP contribution in [0.25, 0.3) is 0 Å². The van der Waals surface area contributed by atoms with Crippen LogP contribution in [0.1, 0.15) is 50.8 Å². The van der Waals surface area contributed by atoms with Gasteiger partial charge in [0, 0.05) is 25.8 Å². The van der Waals surface area contributed by atoms with Crippen LogP contribution < -0.4 is 5.32 Å². The minimum Gasteiger partial charge on any atom is -0.376 e. The number of hydrogen-bond donors (Lipinski definition) is 1. The number of carbonyl (C=O) groups excluding carboxylic acids is 1. The third-order valence-corrected chi connectivity index (χ3v) is 7.96. The molecule has 11 heteroatoms. The van der Waals surface area contributed by atoms with Crippen molar-refractivity contribution < 1.29 is 27.1 Å². The molecular weight excluding hydrogens is 487 g/mol. The van der Waals surface area contributed by atoms with Crippen LogP contribution in [0.15, 0.2) is 35.6 Å². The lowest BCUT2D eigenvalue weighted by Gasteiger charge is -2.27. The Morgan fingerprint density at radius 2 is 1.83 bits per heavy atom. The maximum Gasteiger partial charge on any atom is 0.318 e. The molecule has 2 aromatic rings. The molecule has 4 rings (SSSR count). The molecule has 2 amide bonds. The van der Waals surface area contributed by atoms with Crippen molar-refractivity contribution in [3.8, 4) is 0 Å². The minimum atomic E-state index is -3.84. The Balaban J connectivity index is 1.62. The summed E-state index contributed by atoms with van der Waals surface area (Å²) in [4.78, 5) is 19.0. The van der Waals surface area contributed by atoms with Gasteiger partial charge < -0.3 is 24.3 Å². The van der Waals surface area contributed by atoms with E-state index >= 15 is 0 Å². The smallest absolute Gasteiger partial charge is 0.318 e. The minimum absolute atomic E-state index is 0.0482. The summed E-state index contributed by atoms with van der Waals surface area (Å²) >= 11 is 0. The molecule has 0 saturated carbocycles. The zero-order chi connectivity index (χ0) is 25.7. The van der Waals surface area contributed by atoms with Crippen molar-refractivity contribution in [2.24, 2.45) is 0 Å². The molecule has 0 aliphatic carbocycles. The first-order chi connectivity index (χ1) is 17.2. The van der Waals surface area contributed by atoms with E-state index in [0.29, 0.717) is 37.6 Å². The Morgan fingerprint density at radius 3 is 2.44 bits per heavy atom. The second kappa shape index (κ2) is 11.7. The number of amides is 2. The molecule has 2 atom stereocenters. The van der Waals surface area contributed by atoms with Gasteiger partial charge in [-0.15, -0.1) is 0 Å². The second-order valence-electron chi connectivity index (χ2n) is 9.78. The third kappa shape index (κ3) is 6.83. The first-order valence-electron chi connectivity index (χ1n) is 12.5.